The van der Waals surface area contributed by atoms with Gasteiger partial charge in [0.05, 0.1) is 0 Å². The lowest BCUT2D eigenvalue weighted by atomic mass is 10.1. The largest absolute Gasteiger partial charge is 0.508 e. The van der Waals surface area contributed by atoms with Gasteiger partial charge in [0.15, 0.2) is 6.04 Å². The van der Waals surface area contributed by atoms with Crippen LogP contribution in [0.5, 0.6) is 5.75 Å². The summed E-state index contributed by atoms with van der Waals surface area (Å²) in [5.41, 5.74) is 0.499. The van der Waals surface area contributed by atoms with Gasteiger partial charge in [-0.05, 0) is 18.2 Å². The maximum absolute atomic E-state index is 12.0. The van der Waals surface area contributed by atoms with Gasteiger partial charge >= 0.3 is 5.97 Å². The molecule has 0 radical (unpaired) electrons. The van der Waals surface area contributed by atoms with E-state index in [9.17, 15) is 19.8 Å². The van der Waals surface area contributed by atoms with E-state index in [1.54, 1.807) is 42.5 Å². The molecule has 0 heterocycles. The number of phenolic OH excluding ortho intramolecular Hbond substituents is 1. The van der Waals surface area contributed by atoms with E-state index in [0.717, 1.165) is 0 Å². The smallest absolute Gasteiger partial charge is 0.331 e. The van der Waals surface area contributed by atoms with E-state index in [2.05, 4.69) is 5.32 Å². The van der Waals surface area contributed by atoms with Gasteiger partial charge in [-0.25, -0.2) is 4.79 Å². The molecule has 0 fully saturated rings. The van der Waals surface area contributed by atoms with Crippen molar-refractivity contribution in [2.45, 2.75) is 6.04 Å². The van der Waals surface area contributed by atoms with Crippen LogP contribution in [0.3, 0.4) is 0 Å². The molecule has 1 amide bonds. The van der Waals surface area contributed by atoms with Crippen LogP contribution in [0, 0.1) is 0 Å². The zero-order valence-corrected chi connectivity index (χ0v) is 10.5. The van der Waals surface area contributed by atoms with Gasteiger partial charge in [0, 0.05) is 11.1 Å². The number of aromatic hydroxyl groups is 1. The highest BCUT2D eigenvalue weighted by molar-refractivity contribution is 5.96. The third kappa shape index (κ3) is 2.95. The Morgan fingerprint density at radius 3 is 2.15 bits per heavy atom. The standard InChI is InChI=1S/C15H13NO4/c17-12-9-5-4-8-11(12)13(15(19)20)16-14(18)10-6-2-1-3-7-10/h1-9,13,17H,(H,16,18)(H,19,20). The van der Waals surface area contributed by atoms with E-state index in [4.69, 9.17) is 0 Å². The van der Waals surface area contributed by atoms with Crippen LogP contribution in [0.15, 0.2) is 54.6 Å². The van der Waals surface area contributed by atoms with E-state index in [1.807, 2.05) is 0 Å². The van der Waals surface area contributed by atoms with Crippen LogP contribution < -0.4 is 5.32 Å². The van der Waals surface area contributed by atoms with Crippen LogP contribution in [0.1, 0.15) is 22.0 Å². The van der Waals surface area contributed by atoms with Gasteiger partial charge < -0.3 is 15.5 Å². The van der Waals surface area contributed by atoms with Gasteiger partial charge in [0.1, 0.15) is 5.75 Å². The summed E-state index contributed by atoms with van der Waals surface area (Å²) in [6.45, 7) is 0. The molecule has 0 spiro atoms. The third-order valence-electron chi connectivity index (χ3n) is 2.81. The summed E-state index contributed by atoms with van der Waals surface area (Å²) in [7, 11) is 0. The van der Waals surface area contributed by atoms with Gasteiger partial charge in [0.2, 0.25) is 0 Å². The van der Waals surface area contributed by atoms with Crippen molar-refractivity contribution in [2.24, 2.45) is 0 Å². The average molecular weight is 271 g/mol. The Morgan fingerprint density at radius 1 is 0.950 bits per heavy atom. The summed E-state index contributed by atoms with van der Waals surface area (Å²) in [5.74, 6) is -1.93. The van der Waals surface area contributed by atoms with Crippen LogP contribution in [-0.4, -0.2) is 22.1 Å². The molecule has 102 valence electrons. The summed E-state index contributed by atoms with van der Waals surface area (Å²) in [4.78, 5) is 23.3. The highest BCUT2D eigenvalue weighted by Crippen LogP contribution is 2.24. The van der Waals surface area contributed by atoms with Gasteiger partial charge in [-0.2, -0.15) is 0 Å². The van der Waals surface area contributed by atoms with Gasteiger partial charge in [0.25, 0.3) is 5.91 Å². The number of rotatable bonds is 4. The Kier molecular flexibility index (Phi) is 4.00. The molecule has 0 saturated carbocycles. The topological polar surface area (TPSA) is 86.6 Å². The SMILES string of the molecule is O=C(NC(C(=O)O)c1ccccc1O)c1ccccc1. The fourth-order valence-electron chi connectivity index (χ4n) is 1.81. The third-order valence-corrected chi connectivity index (χ3v) is 2.81. The lowest BCUT2D eigenvalue weighted by Gasteiger charge is -2.16. The first-order chi connectivity index (χ1) is 9.59. The Morgan fingerprint density at radius 2 is 1.55 bits per heavy atom. The predicted molar refractivity (Wildman–Crippen MR) is 72.4 cm³/mol. The van der Waals surface area contributed by atoms with Crippen molar-refractivity contribution in [2.75, 3.05) is 0 Å². The molecule has 5 nitrogen and oxygen atoms in total. The maximum atomic E-state index is 12.0. The van der Waals surface area contributed by atoms with E-state index in [1.165, 1.54) is 12.1 Å². The highest BCUT2D eigenvalue weighted by Gasteiger charge is 2.24. The molecule has 0 bridgehead atoms. The lowest BCUT2D eigenvalue weighted by molar-refractivity contribution is -0.139. The van der Waals surface area contributed by atoms with Crippen molar-refractivity contribution in [3.8, 4) is 5.75 Å². The molecule has 1 atom stereocenters. The summed E-state index contributed by atoms with van der Waals surface area (Å²) in [5, 5.41) is 21.3. The van der Waals surface area contributed by atoms with Crippen molar-refractivity contribution in [1.82, 2.24) is 5.32 Å². The van der Waals surface area contributed by atoms with E-state index in [0.29, 0.717) is 5.56 Å². The van der Waals surface area contributed by atoms with Crippen molar-refractivity contribution >= 4 is 11.9 Å². The van der Waals surface area contributed by atoms with Crippen LogP contribution >= 0.6 is 0 Å². The molecule has 2 aromatic carbocycles. The minimum absolute atomic E-state index is 0.143. The fourth-order valence-corrected chi connectivity index (χ4v) is 1.81. The number of phenols is 1. The number of amides is 1. The van der Waals surface area contributed by atoms with Crippen molar-refractivity contribution in [3.63, 3.8) is 0 Å². The molecule has 2 aromatic rings. The van der Waals surface area contributed by atoms with Crippen molar-refractivity contribution in [3.05, 3.63) is 65.7 Å². The van der Waals surface area contributed by atoms with Crippen molar-refractivity contribution in [1.29, 1.82) is 0 Å². The van der Waals surface area contributed by atoms with E-state index >= 15 is 0 Å². The molecule has 0 aromatic heterocycles. The molecule has 0 aliphatic carbocycles. The second-order valence-electron chi connectivity index (χ2n) is 4.17. The molecule has 0 aliphatic heterocycles. The normalized spacial score (nSPS) is 11.6. The summed E-state index contributed by atoms with van der Waals surface area (Å²) >= 11 is 0. The van der Waals surface area contributed by atoms with Crippen LogP contribution in [-0.2, 0) is 4.79 Å². The Balaban J connectivity index is 2.26. The van der Waals surface area contributed by atoms with E-state index in [-0.39, 0.29) is 11.3 Å². The predicted octanol–water partition coefficient (Wildman–Crippen LogP) is 1.95. The van der Waals surface area contributed by atoms with E-state index < -0.39 is 17.9 Å². The quantitative estimate of drug-likeness (QED) is 0.793. The summed E-state index contributed by atoms with van der Waals surface area (Å²) < 4.78 is 0. The molecular weight excluding hydrogens is 258 g/mol. The molecule has 20 heavy (non-hydrogen) atoms. The Hall–Kier alpha value is -2.82. The number of carboxylic acid groups (broad SMARTS) is 1. The summed E-state index contributed by atoms with van der Waals surface area (Å²) in [6.07, 6.45) is 0. The monoisotopic (exact) mass is 271 g/mol. The van der Waals surface area contributed by atoms with Gasteiger partial charge in [-0.15, -0.1) is 0 Å². The van der Waals surface area contributed by atoms with Gasteiger partial charge in [-0.1, -0.05) is 36.4 Å². The number of carboxylic acids is 1. The van der Waals surface area contributed by atoms with Crippen LogP contribution in [0.4, 0.5) is 0 Å². The zero-order valence-electron chi connectivity index (χ0n) is 10.5. The Bertz CT molecular complexity index is 625. The second kappa shape index (κ2) is 5.88. The zero-order chi connectivity index (χ0) is 14.5. The van der Waals surface area contributed by atoms with Crippen molar-refractivity contribution < 1.29 is 19.8 Å². The molecule has 2 rings (SSSR count). The number of carbonyl (C=O) groups excluding carboxylic acids is 1. The number of hydrogen-bond donors (Lipinski definition) is 3. The lowest BCUT2D eigenvalue weighted by Crippen LogP contribution is -2.33. The molecule has 5 heteroatoms. The highest BCUT2D eigenvalue weighted by atomic mass is 16.4. The average Bonchev–Trinajstić information content (AvgIpc) is 2.46. The Labute approximate surface area is 115 Å². The number of hydrogen-bond acceptors (Lipinski definition) is 3. The molecule has 1 unspecified atom stereocenters. The number of aliphatic carboxylic acids is 1. The first-order valence-electron chi connectivity index (χ1n) is 5.96. The molecular formula is C15H13NO4. The maximum Gasteiger partial charge on any atom is 0.331 e. The number of nitrogens with one attached hydrogen (secondary N) is 1. The first-order valence-corrected chi connectivity index (χ1v) is 5.96. The molecule has 3 N–H and O–H groups in total. The van der Waals surface area contributed by atoms with Gasteiger partial charge in [-0.3, -0.25) is 4.79 Å². The number of para-hydroxylation sites is 1. The van der Waals surface area contributed by atoms with Crippen LogP contribution in [0.2, 0.25) is 0 Å². The minimum atomic E-state index is -1.30. The molecule has 0 aliphatic rings. The fraction of sp³-hybridized carbons (Fsp3) is 0.0667. The summed E-state index contributed by atoms with van der Waals surface area (Å²) in [6, 6.07) is 13.0. The molecule has 0 saturated heterocycles. The number of carbonyl (C=O) groups is 2. The van der Waals surface area contributed by atoms with Crippen LogP contribution in [0.25, 0.3) is 0 Å². The number of benzene rings is 2. The first kappa shape index (κ1) is 13.6. The second-order valence-corrected chi connectivity index (χ2v) is 4.17. The minimum Gasteiger partial charge on any atom is -0.508 e.